The van der Waals surface area contributed by atoms with E-state index >= 15 is 4.39 Å². The third-order valence-electron chi connectivity index (χ3n) is 6.84. The first-order valence-electron chi connectivity index (χ1n) is 12.4. The van der Waals surface area contributed by atoms with E-state index in [0.717, 1.165) is 27.6 Å². The molecule has 0 aliphatic heterocycles. The predicted octanol–water partition coefficient (Wildman–Crippen LogP) is 7.16. The van der Waals surface area contributed by atoms with E-state index in [1.54, 1.807) is 18.5 Å². The van der Waals surface area contributed by atoms with Gasteiger partial charge in [-0.3, -0.25) is 4.98 Å². The van der Waals surface area contributed by atoms with E-state index in [0.29, 0.717) is 11.2 Å². The van der Waals surface area contributed by atoms with Crippen LogP contribution in [0.2, 0.25) is 0 Å². The van der Waals surface area contributed by atoms with E-state index in [-0.39, 0.29) is 5.69 Å². The lowest BCUT2D eigenvalue weighted by Crippen LogP contribution is -2.38. The van der Waals surface area contributed by atoms with Gasteiger partial charge in [0.05, 0.1) is 16.9 Å². The lowest BCUT2D eigenvalue weighted by Gasteiger charge is -2.37. The molecule has 0 radical (unpaired) electrons. The number of nitrogen functional groups attached to an aromatic ring is 1. The second-order valence-electron chi connectivity index (χ2n) is 9.12. The zero-order chi connectivity index (χ0) is 26.0. The number of anilines is 1. The number of rotatable bonds is 6. The molecule has 0 atom stereocenters. The van der Waals surface area contributed by atoms with Crippen LogP contribution in [0.25, 0.3) is 23.1 Å². The summed E-state index contributed by atoms with van der Waals surface area (Å²) in [5.74, 6) is -0.482. The van der Waals surface area contributed by atoms with E-state index in [1.807, 2.05) is 83.6 Å². The molecule has 6 rings (SSSR count). The van der Waals surface area contributed by atoms with E-state index in [9.17, 15) is 0 Å². The molecule has 0 fully saturated rings. The van der Waals surface area contributed by atoms with Gasteiger partial charge >= 0.3 is 0 Å². The van der Waals surface area contributed by atoms with Crippen LogP contribution < -0.4 is 5.73 Å². The summed E-state index contributed by atoms with van der Waals surface area (Å²) in [7, 11) is 0. The molecule has 4 nitrogen and oxygen atoms in total. The van der Waals surface area contributed by atoms with Crippen molar-refractivity contribution in [2.45, 2.75) is 5.54 Å². The van der Waals surface area contributed by atoms with Crippen molar-refractivity contribution in [1.82, 2.24) is 14.8 Å². The second-order valence-corrected chi connectivity index (χ2v) is 9.12. The van der Waals surface area contributed by atoms with Gasteiger partial charge in [0.1, 0.15) is 11.4 Å². The third kappa shape index (κ3) is 3.95. The Morgan fingerprint density at radius 2 is 1.29 bits per heavy atom. The summed E-state index contributed by atoms with van der Waals surface area (Å²) in [6.07, 6.45) is 7.40. The number of nitrogens with two attached hydrogens (primary N) is 1. The van der Waals surface area contributed by atoms with Gasteiger partial charge in [-0.05, 0) is 40.5 Å². The highest BCUT2D eigenvalue weighted by Gasteiger charge is 2.40. The van der Waals surface area contributed by atoms with Gasteiger partial charge in [-0.15, -0.1) is 0 Å². The molecule has 0 amide bonds. The van der Waals surface area contributed by atoms with Gasteiger partial charge in [0.15, 0.2) is 0 Å². The molecule has 0 bridgehead atoms. The zero-order valence-electron chi connectivity index (χ0n) is 20.6. The minimum Gasteiger partial charge on any atom is -0.396 e. The standard InChI is InChI=1S/C33H25FN4/c34-29-22-32-28(21-30(29)35)31(19-18-24-11-10-20-36-23-24)37-38(32)33(25-12-4-1-5-13-25,26-14-6-2-7-15-26)27-16-8-3-9-17-27/h1-23H,35H2. The topological polar surface area (TPSA) is 56.7 Å². The van der Waals surface area contributed by atoms with Crippen molar-refractivity contribution in [3.05, 3.63) is 161 Å². The van der Waals surface area contributed by atoms with Crippen molar-refractivity contribution in [2.75, 3.05) is 5.73 Å². The molecule has 2 heterocycles. The molecule has 6 aromatic rings. The highest BCUT2D eigenvalue weighted by molar-refractivity contribution is 5.92. The van der Waals surface area contributed by atoms with Gasteiger partial charge in [-0.2, -0.15) is 5.10 Å². The molecule has 5 heteroatoms. The van der Waals surface area contributed by atoms with E-state index in [2.05, 4.69) is 41.4 Å². The predicted molar refractivity (Wildman–Crippen MR) is 152 cm³/mol. The summed E-state index contributed by atoms with van der Waals surface area (Å²) >= 11 is 0. The van der Waals surface area contributed by atoms with Gasteiger partial charge in [0, 0.05) is 23.8 Å². The van der Waals surface area contributed by atoms with Crippen LogP contribution in [0.5, 0.6) is 0 Å². The van der Waals surface area contributed by atoms with E-state index in [4.69, 9.17) is 10.8 Å². The van der Waals surface area contributed by atoms with E-state index < -0.39 is 11.4 Å². The Morgan fingerprint density at radius 3 is 1.82 bits per heavy atom. The average molecular weight is 497 g/mol. The third-order valence-corrected chi connectivity index (χ3v) is 6.84. The first-order chi connectivity index (χ1) is 18.7. The number of pyridine rings is 1. The van der Waals surface area contributed by atoms with Crippen LogP contribution >= 0.6 is 0 Å². The van der Waals surface area contributed by atoms with Crippen molar-refractivity contribution in [2.24, 2.45) is 0 Å². The Bertz CT molecular complexity index is 1610. The summed E-state index contributed by atoms with van der Waals surface area (Å²) < 4.78 is 17.0. The molecule has 38 heavy (non-hydrogen) atoms. The van der Waals surface area contributed by atoms with E-state index in [1.165, 1.54) is 6.07 Å². The molecule has 0 aliphatic rings. The molecule has 0 unspecified atom stereocenters. The van der Waals surface area contributed by atoms with Crippen molar-refractivity contribution in [3.8, 4) is 0 Å². The summed E-state index contributed by atoms with van der Waals surface area (Å²) in [6.45, 7) is 0. The summed E-state index contributed by atoms with van der Waals surface area (Å²) in [4.78, 5) is 4.20. The normalized spacial score (nSPS) is 11.8. The summed E-state index contributed by atoms with van der Waals surface area (Å²) in [5, 5.41) is 5.94. The van der Waals surface area contributed by atoms with Gasteiger partial charge in [0.25, 0.3) is 0 Å². The average Bonchev–Trinajstić information content (AvgIpc) is 3.32. The molecular formula is C33H25FN4. The minimum atomic E-state index is -0.884. The van der Waals surface area contributed by atoms with Crippen LogP contribution in [-0.2, 0) is 5.54 Å². The van der Waals surface area contributed by atoms with Crippen LogP contribution in [0.1, 0.15) is 27.9 Å². The van der Waals surface area contributed by atoms with Crippen LogP contribution in [0.3, 0.4) is 0 Å². The molecular weight excluding hydrogens is 471 g/mol. The highest BCUT2D eigenvalue weighted by Crippen LogP contribution is 2.43. The first-order valence-corrected chi connectivity index (χ1v) is 12.4. The number of fused-ring (bicyclic) bond motifs is 1. The molecule has 184 valence electrons. The number of hydrogen-bond donors (Lipinski definition) is 1. The number of aromatic nitrogens is 3. The first kappa shape index (κ1) is 23.4. The lowest BCUT2D eigenvalue weighted by atomic mass is 9.77. The quantitative estimate of drug-likeness (QED) is 0.197. The molecule has 2 aromatic heterocycles. The smallest absolute Gasteiger partial charge is 0.148 e. The fourth-order valence-corrected chi connectivity index (χ4v) is 5.11. The maximum Gasteiger partial charge on any atom is 0.148 e. The Morgan fingerprint density at radius 1 is 0.711 bits per heavy atom. The monoisotopic (exact) mass is 496 g/mol. The fourth-order valence-electron chi connectivity index (χ4n) is 5.11. The zero-order valence-corrected chi connectivity index (χ0v) is 20.6. The van der Waals surface area contributed by atoms with Crippen LogP contribution in [-0.4, -0.2) is 14.8 Å². The van der Waals surface area contributed by atoms with Crippen molar-refractivity contribution < 1.29 is 4.39 Å². The number of halogens is 1. The maximum atomic E-state index is 15.1. The van der Waals surface area contributed by atoms with Gasteiger partial charge in [-0.1, -0.05) is 103 Å². The van der Waals surface area contributed by atoms with Crippen molar-refractivity contribution in [1.29, 1.82) is 0 Å². The highest BCUT2D eigenvalue weighted by atomic mass is 19.1. The SMILES string of the molecule is Nc1cc2c(C=Cc3cccnc3)nn(C(c3ccccc3)(c3ccccc3)c3ccccc3)c2cc1F. The van der Waals surface area contributed by atoms with Crippen molar-refractivity contribution >= 4 is 28.7 Å². The Labute approximate surface area is 220 Å². The maximum absolute atomic E-state index is 15.1. The number of hydrogen-bond acceptors (Lipinski definition) is 3. The Kier molecular flexibility index (Phi) is 6.02. The minimum absolute atomic E-state index is 0.0813. The second kappa shape index (κ2) is 9.79. The summed E-state index contributed by atoms with van der Waals surface area (Å²) in [5.41, 5.74) is 10.5. The molecule has 2 N–H and O–H groups in total. The van der Waals surface area contributed by atoms with Crippen LogP contribution in [0.4, 0.5) is 10.1 Å². The lowest BCUT2D eigenvalue weighted by molar-refractivity contribution is 0.474. The molecule has 0 aliphatic carbocycles. The molecule has 0 saturated heterocycles. The Balaban J connectivity index is 1.73. The molecule has 4 aromatic carbocycles. The van der Waals surface area contributed by atoms with Gasteiger partial charge in [0.2, 0.25) is 0 Å². The van der Waals surface area contributed by atoms with Crippen LogP contribution in [0, 0.1) is 5.82 Å². The van der Waals surface area contributed by atoms with Gasteiger partial charge < -0.3 is 5.73 Å². The largest absolute Gasteiger partial charge is 0.396 e. The summed E-state index contributed by atoms with van der Waals surface area (Å²) in [6, 6.07) is 37.6. The number of nitrogens with zero attached hydrogens (tertiary/aromatic N) is 3. The molecule has 0 spiro atoms. The van der Waals surface area contributed by atoms with Crippen molar-refractivity contribution in [3.63, 3.8) is 0 Å². The fraction of sp³-hybridized carbons (Fsp3) is 0.0303. The van der Waals surface area contributed by atoms with Gasteiger partial charge in [-0.25, -0.2) is 9.07 Å². The Hall–Kier alpha value is -5.03. The molecule has 0 saturated carbocycles. The van der Waals surface area contributed by atoms with Crippen LogP contribution in [0.15, 0.2) is 128 Å². The number of benzene rings is 4.